The van der Waals surface area contributed by atoms with Gasteiger partial charge in [-0.2, -0.15) is 5.26 Å². The summed E-state index contributed by atoms with van der Waals surface area (Å²) in [6.07, 6.45) is 5.07. The first kappa shape index (κ1) is 9.44. The van der Waals surface area contributed by atoms with E-state index in [2.05, 4.69) is 16.0 Å². The van der Waals surface area contributed by atoms with E-state index in [0.29, 0.717) is 22.1 Å². The van der Waals surface area contributed by atoms with Gasteiger partial charge in [-0.1, -0.05) is 22.9 Å². The Bertz CT molecular complexity index is 416. The van der Waals surface area contributed by atoms with Crippen LogP contribution < -0.4 is 4.90 Å². The van der Waals surface area contributed by atoms with Crippen LogP contribution in [0.5, 0.6) is 0 Å². The van der Waals surface area contributed by atoms with Gasteiger partial charge >= 0.3 is 0 Å². The van der Waals surface area contributed by atoms with E-state index in [9.17, 15) is 0 Å². The largest absolute Gasteiger partial charge is 0.342 e. The van der Waals surface area contributed by atoms with E-state index in [1.807, 2.05) is 0 Å². The highest BCUT2D eigenvalue weighted by molar-refractivity contribution is 7.16. The van der Waals surface area contributed by atoms with Crippen molar-refractivity contribution < 1.29 is 0 Å². The van der Waals surface area contributed by atoms with Gasteiger partial charge in [0.25, 0.3) is 0 Å². The molecule has 0 atom stereocenters. The fourth-order valence-electron chi connectivity index (χ4n) is 2.70. The molecule has 2 aliphatic heterocycles. The Labute approximate surface area is 97.3 Å². The van der Waals surface area contributed by atoms with E-state index >= 15 is 0 Å². The van der Waals surface area contributed by atoms with Gasteiger partial charge in [0.2, 0.25) is 0 Å². The molecule has 0 unspecified atom stereocenters. The summed E-state index contributed by atoms with van der Waals surface area (Å²) in [6.45, 7) is 0. The lowest BCUT2D eigenvalue weighted by atomic mass is 10.0. The third-order valence-electron chi connectivity index (χ3n) is 3.35. The molecule has 1 aromatic rings. The molecule has 3 rings (SSSR count). The van der Waals surface area contributed by atoms with Crippen molar-refractivity contribution in [2.75, 3.05) is 4.90 Å². The molecule has 0 N–H and O–H groups in total. The second-order valence-electron chi connectivity index (χ2n) is 4.10. The van der Waals surface area contributed by atoms with Crippen molar-refractivity contribution in [3.8, 4) is 6.07 Å². The van der Waals surface area contributed by atoms with Crippen LogP contribution in [0.1, 0.15) is 30.6 Å². The molecular formula is C10H10ClN3S. The van der Waals surface area contributed by atoms with Crippen molar-refractivity contribution in [3.63, 3.8) is 0 Å². The molecule has 3 heterocycles. The van der Waals surface area contributed by atoms with Crippen LogP contribution in [0.2, 0.25) is 5.15 Å². The minimum atomic E-state index is 0.365. The maximum absolute atomic E-state index is 8.84. The SMILES string of the molecule is N#Cc1sc(N2C3CCC2CC3)nc1Cl. The predicted octanol–water partition coefficient (Wildman–Crippen LogP) is 2.80. The third kappa shape index (κ3) is 1.34. The van der Waals surface area contributed by atoms with Gasteiger partial charge in [-0.3, -0.25) is 0 Å². The number of fused-ring (bicyclic) bond motifs is 2. The highest BCUT2D eigenvalue weighted by atomic mass is 35.5. The standard InChI is InChI=1S/C10H10ClN3S/c11-9-8(5-12)15-10(13-9)14-6-1-2-7(14)4-3-6/h6-7H,1-4H2. The number of hydrogen-bond acceptors (Lipinski definition) is 4. The molecule has 15 heavy (non-hydrogen) atoms. The van der Waals surface area contributed by atoms with Gasteiger partial charge in [-0.15, -0.1) is 0 Å². The molecule has 2 bridgehead atoms. The van der Waals surface area contributed by atoms with Gasteiger partial charge in [-0.05, 0) is 25.7 Å². The average molecular weight is 240 g/mol. The number of nitrogens with zero attached hydrogens (tertiary/aromatic N) is 3. The Balaban J connectivity index is 1.97. The number of halogens is 1. The Morgan fingerprint density at radius 3 is 2.40 bits per heavy atom. The van der Waals surface area contributed by atoms with Crippen LogP contribution in [-0.4, -0.2) is 17.1 Å². The Morgan fingerprint density at radius 1 is 1.33 bits per heavy atom. The number of hydrogen-bond donors (Lipinski definition) is 0. The van der Waals surface area contributed by atoms with Gasteiger partial charge in [0.15, 0.2) is 10.3 Å². The van der Waals surface area contributed by atoms with Crippen LogP contribution in [0.25, 0.3) is 0 Å². The molecule has 0 amide bonds. The molecule has 1 aromatic heterocycles. The molecule has 2 fully saturated rings. The van der Waals surface area contributed by atoms with Gasteiger partial charge < -0.3 is 4.90 Å². The lowest BCUT2D eigenvalue weighted by Crippen LogP contribution is -2.27. The lowest BCUT2D eigenvalue weighted by molar-refractivity contribution is 0.576. The first-order chi connectivity index (χ1) is 7.29. The van der Waals surface area contributed by atoms with E-state index in [1.54, 1.807) is 0 Å². The van der Waals surface area contributed by atoms with Crippen molar-refractivity contribution in [1.82, 2.24) is 4.98 Å². The molecular weight excluding hydrogens is 230 g/mol. The smallest absolute Gasteiger partial charge is 0.188 e. The third-order valence-corrected chi connectivity index (χ3v) is 4.71. The highest BCUT2D eigenvalue weighted by Gasteiger charge is 2.40. The fourth-order valence-corrected chi connectivity index (χ4v) is 3.88. The quantitative estimate of drug-likeness (QED) is 0.757. The zero-order valence-electron chi connectivity index (χ0n) is 8.11. The number of rotatable bonds is 1. The summed E-state index contributed by atoms with van der Waals surface area (Å²) in [4.78, 5) is 7.20. The normalized spacial score (nSPS) is 28.4. The number of anilines is 1. The molecule has 2 aliphatic rings. The summed E-state index contributed by atoms with van der Waals surface area (Å²) in [6, 6.07) is 3.37. The molecule has 3 nitrogen and oxygen atoms in total. The van der Waals surface area contributed by atoms with Crippen LogP contribution in [-0.2, 0) is 0 Å². The Kier molecular flexibility index (Phi) is 2.11. The topological polar surface area (TPSA) is 39.9 Å². The predicted molar refractivity (Wildman–Crippen MR) is 60.4 cm³/mol. The van der Waals surface area contributed by atoms with E-state index < -0.39 is 0 Å². The van der Waals surface area contributed by atoms with E-state index in [1.165, 1.54) is 37.0 Å². The zero-order chi connectivity index (χ0) is 10.4. The van der Waals surface area contributed by atoms with E-state index in [-0.39, 0.29) is 0 Å². The van der Waals surface area contributed by atoms with Crippen molar-refractivity contribution in [2.45, 2.75) is 37.8 Å². The van der Waals surface area contributed by atoms with Crippen LogP contribution in [0.3, 0.4) is 0 Å². The van der Waals surface area contributed by atoms with Gasteiger partial charge in [-0.25, -0.2) is 4.98 Å². The Morgan fingerprint density at radius 2 is 1.93 bits per heavy atom. The van der Waals surface area contributed by atoms with Gasteiger partial charge in [0, 0.05) is 12.1 Å². The summed E-state index contributed by atoms with van der Waals surface area (Å²) in [5.41, 5.74) is 0. The van der Waals surface area contributed by atoms with Crippen molar-refractivity contribution in [2.24, 2.45) is 0 Å². The number of thiazole rings is 1. The van der Waals surface area contributed by atoms with Gasteiger partial charge in [0.05, 0.1) is 0 Å². The summed E-state index contributed by atoms with van der Waals surface area (Å²) in [5.74, 6) is 0. The van der Waals surface area contributed by atoms with Crippen molar-refractivity contribution in [3.05, 3.63) is 10.0 Å². The maximum Gasteiger partial charge on any atom is 0.188 e. The lowest BCUT2D eigenvalue weighted by Gasteiger charge is -2.20. The van der Waals surface area contributed by atoms with Crippen LogP contribution in [0.15, 0.2) is 0 Å². The highest BCUT2D eigenvalue weighted by Crippen LogP contribution is 2.43. The minimum Gasteiger partial charge on any atom is -0.342 e. The number of aromatic nitrogens is 1. The second-order valence-corrected chi connectivity index (χ2v) is 5.43. The zero-order valence-corrected chi connectivity index (χ0v) is 9.68. The summed E-state index contributed by atoms with van der Waals surface area (Å²) in [5, 5.41) is 10.1. The van der Waals surface area contributed by atoms with Crippen molar-refractivity contribution >= 4 is 28.1 Å². The monoisotopic (exact) mass is 239 g/mol. The second kappa shape index (κ2) is 3.36. The van der Waals surface area contributed by atoms with Crippen LogP contribution >= 0.6 is 22.9 Å². The fraction of sp³-hybridized carbons (Fsp3) is 0.600. The van der Waals surface area contributed by atoms with Gasteiger partial charge in [0.1, 0.15) is 10.9 Å². The molecule has 0 spiro atoms. The molecule has 2 saturated heterocycles. The average Bonchev–Trinajstić information content (AvgIpc) is 2.90. The molecule has 78 valence electrons. The van der Waals surface area contributed by atoms with E-state index in [0.717, 1.165) is 5.13 Å². The summed E-state index contributed by atoms with van der Waals surface area (Å²) >= 11 is 7.32. The van der Waals surface area contributed by atoms with Crippen LogP contribution in [0, 0.1) is 11.3 Å². The first-order valence-electron chi connectivity index (χ1n) is 5.14. The number of nitriles is 1. The Hall–Kier alpha value is -0.790. The molecule has 0 radical (unpaired) electrons. The summed E-state index contributed by atoms with van der Waals surface area (Å²) in [7, 11) is 0. The molecule has 0 aliphatic carbocycles. The van der Waals surface area contributed by atoms with Crippen molar-refractivity contribution in [1.29, 1.82) is 5.26 Å². The van der Waals surface area contributed by atoms with E-state index in [4.69, 9.17) is 16.9 Å². The maximum atomic E-state index is 8.84. The first-order valence-corrected chi connectivity index (χ1v) is 6.34. The molecule has 5 heteroatoms. The molecule has 0 aromatic carbocycles. The summed E-state index contributed by atoms with van der Waals surface area (Å²) < 4.78 is 0. The minimum absolute atomic E-state index is 0.365. The van der Waals surface area contributed by atoms with Crippen LogP contribution in [0.4, 0.5) is 5.13 Å². The molecule has 0 saturated carbocycles.